The third-order valence-electron chi connectivity index (χ3n) is 4.64. The van der Waals surface area contributed by atoms with E-state index in [9.17, 15) is 9.59 Å². The summed E-state index contributed by atoms with van der Waals surface area (Å²) in [6.07, 6.45) is 2.71. The van der Waals surface area contributed by atoms with Crippen LogP contribution in [0.1, 0.15) is 54.6 Å². The number of benzene rings is 2. The summed E-state index contributed by atoms with van der Waals surface area (Å²) in [5, 5.41) is 3.12. The molecule has 1 aliphatic rings. The first kappa shape index (κ1) is 18.2. The van der Waals surface area contributed by atoms with Crippen LogP contribution in [-0.2, 0) is 4.79 Å². The molecule has 4 heteroatoms. The van der Waals surface area contributed by atoms with Gasteiger partial charge >= 0.3 is 0 Å². The van der Waals surface area contributed by atoms with Crippen LogP contribution in [0.25, 0.3) is 0 Å². The zero-order chi connectivity index (χ0) is 18.4. The number of carbonyl (C=O) groups is 2. The summed E-state index contributed by atoms with van der Waals surface area (Å²) in [6.45, 7) is 2.51. The molecule has 1 saturated carbocycles. The van der Waals surface area contributed by atoms with Gasteiger partial charge in [-0.25, -0.2) is 0 Å². The van der Waals surface area contributed by atoms with Crippen molar-refractivity contribution in [1.29, 1.82) is 0 Å². The first-order chi connectivity index (χ1) is 12.7. The lowest BCUT2D eigenvalue weighted by Gasteiger charge is -2.18. The van der Waals surface area contributed by atoms with E-state index in [1.165, 1.54) is 0 Å². The molecule has 1 N–H and O–H groups in total. The standard InChI is InChI=1S/C22H25NO3/c1-2-26-19-12-10-16(11-13-19)20(24)14-15-21(25)23-22(18-8-9-18)17-6-4-3-5-7-17/h3-7,10-13,18,22H,2,8-9,14-15H2,1H3,(H,23,25). The summed E-state index contributed by atoms with van der Waals surface area (Å²) in [6, 6.07) is 17.2. The number of ketones is 1. The second-order valence-electron chi connectivity index (χ2n) is 6.67. The Labute approximate surface area is 154 Å². The van der Waals surface area contributed by atoms with Gasteiger partial charge in [-0.3, -0.25) is 9.59 Å². The van der Waals surface area contributed by atoms with Crippen LogP contribution < -0.4 is 10.1 Å². The minimum Gasteiger partial charge on any atom is -0.494 e. The monoisotopic (exact) mass is 351 g/mol. The van der Waals surface area contributed by atoms with Gasteiger partial charge in [0, 0.05) is 18.4 Å². The SMILES string of the molecule is CCOc1ccc(C(=O)CCC(=O)NC(c2ccccc2)C2CC2)cc1. The molecule has 0 heterocycles. The number of hydrogen-bond donors (Lipinski definition) is 1. The van der Waals surface area contributed by atoms with Crippen molar-refractivity contribution in [3.63, 3.8) is 0 Å². The van der Waals surface area contributed by atoms with Gasteiger partial charge < -0.3 is 10.1 Å². The third-order valence-corrected chi connectivity index (χ3v) is 4.64. The number of amides is 1. The van der Waals surface area contributed by atoms with Gasteiger partial charge in [0.15, 0.2) is 5.78 Å². The van der Waals surface area contributed by atoms with E-state index < -0.39 is 0 Å². The fourth-order valence-electron chi connectivity index (χ4n) is 3.08. The third kappa shape index (κ3) is 4.94. The van der Waals surface area contributed by atoms with Crippen LogP contribution >= 0.6 is 0 Å². The summed E-state index contributed by atoms with van der Waals surface area (Å²) in [5.41, 5.74) is 1.75. The van der Waals surface area contributed by atoms with E-state index in [1.807, 2.05) is 37.3 Å². The lowest BCUT2D eigenvalue weighted by atomic mass is 10.0. The Morgan fingerprint density at radius 1 is 1.04 bits per heavy atom. The molecule has 1 aliphatic carbocycles. The van der Waals surface area contributed by atoms with E-state index in [-0.39, 0.29) is 30.6 Å². The minimum absolute atomic E-state index is 0.0223. The van der Waals surface area contributed by atoms with Crippen molar-refractivity contribution in [2.24, 2.45) is 5.92 Å². The molecule has 2 aromatic carbocycles. The predicted molar refractivity (Wildman–Crippen MR) is 101 cm³/mol. The van der Waals surface area contributed by atoms with E-state index in [2.05, 4.69) is 5.32 Å². The molecule has 1 amide bonds. The van der Waals surface area contributed by atoms with Crippen molar-refractivity contribution < 1.29 is 14.3 Å². The molecule has 3 rings (SSSR count). The van der Waals surface area contributed by atoms with Gasteiger partial charge in [-0.1, -0.05) is 30.3 Å². The van der Waals surface area contributed by atoms with Gasteiger partial charge in [-0.15, -0.1) is 0 Å². The molecule has 0 saturated heterocycles. The van der Waals surface area contributed by atoms with E-state index in [0.717, 1.165) is 24.2 Å². The van der Waals surface area contributed by atoms with Crippen molar-refractivity contribution in [2.45, 2.75) is 38.6 Å². The summed E-state index contributed by atoms with van der Waals surface area (Å²) in [5.74, 6) is 1.18. The van der Waals surface area contributed by atoms with Crippen LogP contribution in [0.2, 0.25) is 0 Å². The van der Waals surface area contributed by atoms with Gasteiger partial charge in [0.25, 0.3) is 0 Å². The fraction of sp³-hybridized carbons (Fsp3) is 0.364. The number of hydrogen-bond acceptors (Lipinski definition) is 3. The quantitative estimate of drug-likeness (QED) is 0.685. The molecular weight excluding hydrogens is 326 g/mol. The van der Waals surface area contributed by atoms with Crippen LogP contribution in [0.4, 0.5) is 0 Å². The zero-order valence-electron chi connectivity index (χ0n) is 15.1. The van der Waals surface area contributed by atoms with Crippen molar-refractivity contribution in [3.8, 4) is 5.75 Å². The Morgan fingerprint density at radius 3 is 2.35 bits per heavy atom. The molecule has 1 fully saturated rings. The molecule has 136 valence electrons. The summed E-state index contributed by atoms with van der Waals surface area (Å²) in [7, 11) is 0. The maximum Gasteiger partial charge on any atom is 0.220 e. The molecule has 0 aliphatic heterocycles. The van der Waals surface area contributed by atoms with Crippen molar-refractivity contribution >= 4 is 11.7 Å². The highest BCUT2D eigenvalue weighted by Gasteiger charge is 2.33. The van der Waals surface area contributed by atoms with Crippen LogP contribution in [0.3, 0.4) is 0 Å². The highest BCUT2D eigenvalue weighted by molar-refractivity contribution is 5.98. The number of carbonyl (C=O) groups excluding carboxylic acids is 2. The first-order valence-corrected chi connectivity index (χ1v) is 9.27. The highest BCUT2D eigenvalue weighted by Crippen LogP contribution is 2.40. The van der Waals surface area contributed by atoms with Crippen LogP contribution in [-0.4, -0.2) is 18.3 Å². The maximum absolute atomic E-state index is 12.4. The van der Waals surface area contributed by atoms with E-state index in [1.54, 1.807) is 24.3 Å². The number of rotatable bonds is 9. The van der Waals surface area contributed by atoms with Crippen LogP contribution in [0.5, 0.6) is 5.75 Å². The largest absolute Gasteiger partial charge is 0.494 e. The minimum atomic E-state index is -0.0648. The van der Waals surface area contributed by atoms with E-state index >= 15 is 0 Å². The van der Waals surface area contributed by atoms with Gasteiger partial charge in [0.1, 0.15) is 5.75 Å². The fourth-order valence-corrected chi connectivity index (χ4v) is 3.08. The first-order valence-electron chi connectivity index (χ1n) is 9.27. The summed E-state index contributed by atoms with van der Waals surface area (Å²) in [4.78, 5) is 24.7. The molecule has 0 spiro atoms. The molecule has 0 aromatic heterocycles. The zero-order valence-corrected chi connectivity index (χ0v) is 15.1. The van der Waals surface area contributed by atoms with Gasteiger partial charge in [-0.05, 0) is 55.5 Å². The smallest absolute Gasteiger partial charge is 0.220 e. The van der Waals surface area contributed by atoms with Gasteiger partial charge in [0.2, 0.25) is 5.91 Å². The Hall–Kier alpha value is -2.62. The molecule has 1 unspecified atom stereocenters. The number of ether oxygens (including phenoxy) is 1. The van der Waals surface area contributed by atoms with E-state index in [0.29, 0.717) is 18.1 Å². The Kier molecular flexibility index (Phi) is 6.05. The second-order valence-corrected chi connectivity index (χ2v) is 6.67. The lowest BCUT2D eigenvalue weighted by Crippen LogP contribution is -2.30. The molecular formula is C22H25NO3. The Morgan fingerprint density at radius 2 is 1.73 bits per heavy atom. The molecule has 26 heavy (non-hydrogen) atoms. The highest BCUT2D eigenvalue weighted by atomic mass is 16.5. The predicted octanol–water partition coefficient (Wildman–Crippen LogP) is 4.32. The molecule has 2 aromatic rings. The summed E-state index contributed by atoms with van der Waals surface area (Å²) < 4.78 is 5.38. The van der Waals surface area contributed by atoms with Crippen molar-refractivity contribution in [1.82, 2.24) is 5.32 Å². The Bertz CT molecular complexity index is 736. The molecule has 4 nitrogen and oxygen atoms in total. The van der Waals surface area contributed by atoms with E-state index in [4.69, 9.17) is 4.74 Å². The van der Waals surface area contributed by atoms with Crippen LogP contribution in [0.15, 0.2) is 54.6 Å². The van der Waals surface area contributed by atoms with Gasteiger partial charge in [0.05, 0.1) is 12.6 Å². The molecule has 0 bridgehead atoms. The van der Waals surface area contributed by atoms with Gasteiger partial charge in [-0.2, -0.15) is 0 Å². The average molecular weight is 351 g/mol. The molecule has 1 atom stereocenters. The average Bonchev–Trinajstić information content (AvgIpc) is 3.51. The normalized spacial score (nSPS) is 14.5. The maximum atomic E-state index is 12.4. The lowest BCUT2D eigenvalue weighted by molar-refractivity contribution is -0.122. The molecule has 0 radical (unpaired) electrons. The topological polar surface area (TPSA) is 55.4 Å². The Balaban J connectivity index is 1.52. The van der Waals surface area contributed by atoms with Crippen molar-refractivity contribution in [2.75, 3.05) is 6.61 Å². The number of Topliss-reactive ketones (excluding diaryl/α,β-unsaturated/α-hetero) is 1. The van der Waals surface area contributed by atoms with Crippen LogP contribution in [0, 0.1) is 5.92 Å². The number of nitrogens with one attached hydrogen (secondary N) is 1. The summed E-state index contributed by atoms with van der Waals surface area (Å²) >= 11 is 0. The second kappa shape index (κ2) is 8.65. The van der Waals surface area contributed by atoms with Crippen molar-refractivity contribution in [3.05, 3.63) is 65.7 Å².